The first kappa shape index (κ1) is 18.1. The molecule has 3 rings (SSSR count). The van der Waals surface area contributed by atoms with E-state index in [1.807, 2.05) is 36.6 Å². The number of halogens is 1. The van der Waals surface area contributed by atoms with Gasteiger partial charge in [0.25, 0.3) is 5.56 Å². The number of thiophene rings is 1. The predicted molar refractivity (Wildman–Crippen MR) is 107 cm³/mol. The molecule has 2 heterocycles. The van der Waals surface area contributed by atoms with Crippen molar-refractivity contribution in [1.29, 1.82) is 0 Å². The van der Waals surface area contributed by atoms with Crippen LogP contribution < -0.4 is 5.56 Å². The first-order valence-corrected chi connectivity index (χ1v) is 9.77. The summed E-state index contributed by atoms with van der Waals surface area (Å²) in [5, 5.41) is 3.41. The van der Waals surface area contributed by atoms with Gasteiger partial charge in [-0.3, -0.25) is 9.36 Å². The second kappa shape index (κ2) is 7.68. The lowest BCUT2D eigenvalue weighted by atomic mass is 10.1. The van der Waals surface area contributed by atoms with E-state index in [9.17, 15) is 4.79 Å². The van der Waals surface area contributed by atoms with Gasteiger partial charge < -0.3 is 4.90 Å². The van der Waals surface area contributed by atoms with Crippen LogP contribution >= 0.6 is 22.9 Å². The molecule has 0 unspecified atom stereocenters. The molecule has 0 N–H and O–H groups in total. The van der Waals surface area contributed by atoms with Crippen LogP contribution in [-0.2, 0) is 6.54 Å². The van der Waals surface area contributed by atoms with Crippen LogP contribution in [-0.4, -0.2) is 34.1 Å². The first-order chi connectivity index (χ1) is 12.0. The lowest BCUT2D eigenvalue weighted by Crippen LogP contribution is -2.32. The Bertz CT molecular complexity index is 926. The summed E-state index contributed by atoms with van der Waals surface area (Å²) >= 11 is 7.50. The Kier molecular flexibility index (Phi) is 5.57. The highest BCUT2D eigenvalue weighted by Gasteiger charge is 2.15. The fourth-order valence-corrected chi connectivity index (χ4v) is 4.12. The smallest absolute Gasteiger partial charge is 0.262 e. The van der Waals surface area contributed by atoms with E-state index < -0.39 is 0 Å². The molecule has 6 heteroatoms. The molecule has 0 fully saturated rings. The number of aromatic nitrogens is 2. The van der Waals surface area contributed by atoms with Crippen molar-refractivity contribution in [2.24, 2.45) is 0 Å². The Morgan fingerprint density at radius 1 is 1.20 bits per heavy atom. The van der Waals surface area contributed by atoms with E-state index in [0.29, 0.717) is 17.0 Å². The molecular formula is C19H22ClN3OS. The number of hydrogen-bond donors (Lipinski definition) is 0. The van der Waals surface area contributed by atoms with Gasteiger partial charge in [-0.15, -0.1) is 11.3 Å². The highest BCUT2D eigenvalue weighted by molar-refractivity contribution is 7.17. The van der Waals surface area contributed by atoms with E-state index in [2.05, 4.69) is 23.7 Å². The molecule has 0 amide bonds. The number of likely N-dealkylation sites (N-methyl/N-ethyl adjacent to an activating group) is 1. The summed E-state index contributed by atoms with van der Waals surface area (Å²) < 4.78 is 1.80. The fraction of sp³-hybridized carbons (Fsp3) is 0.368. The van der Waals surface area contributed by atoms with Gasteiger partial charge in [-0.25, -0.2) is 4.98 Å². The third-order valence-electron chi connectivity index (χ3n) is 4.57. The maximum absolute atomic E-state index is 13.1. The summed E-state index contributed by atoms with van der Waals surface area (Å²) in [6.07, 6.45) is 0. The van der Waals surface area contributed by atoms with Crippen molar-refractivity contribution in [1.82, 2.24) is 14.5 Å². The van der Waals surface area contributed by atoms with Crippen LogP contribution in [0.25, 0.3) is 21.3 Å². The van der Waals surface area contributed by atoms with Gasteiger partial charge in [0.2, 0.25) is 0 Å². The quantitative estimate of drug-likeness (QED) is 0.639. The molecule has 1 aromatic carbocycles. The molecule has 4 nitrogen and oxygen atoms in total. The predicted octanol–water partition coefficient (Wildman–Crippen LogP) is 4.43. The molecule has 0 spiro atoms. The summed E-state index contributed by atoms with van der Waals surface area (Å²) in [7, 11) is 0. The summed E-state index contributed by atoms with van der Waals surface area (Å²) in [6.45, 7) is 9.65. The van der Waals surface area contributed by atoms with Gasteiger partial charge in [-0.05, 0) is 37.7 Å². The van der Waals surface area contributed by atoms with Crippen LogP contribution in [0.3, 0.4) is 0 Å². The van der Waals surface area contributed by atoms with E-state index in [1.54, 1.807) is 4.57 Å². The largest absolute Gasteiger partial charge is 0.302 e. The highest BCUT2D eigenvalue weighted by Crippen LogP contribution is 2.31. The van der Waals surface area contributed by atoms with Gasteiger partial charge in [0.1, 0.15) is 10.7 Å². The average Bonchev–Trinajstić information content (AvgIpc) is 3.02. The van der Waals surface area contributed by atoms with Gasteiger partial charge in [-0.2, -0.15) is 0 Å². The Morgan fingerprint density at radius 3 is 2.52 bits per heavy atom. The van der Waals surface area contributed by atoms with Crippen LogP contribution in [0, 0.1) is 6.92 Å². The fourth-order valence-electron chi connectivity index (χ4n) is 3.01. The van der Waals surface area contributed by atoms with E-state index in [0.717, 1.165) is 41.4 Å². The average molecular weight is 376 g/mol. The number of hydrogen-bond acceptors (Lipinski definition) is 4. The zero-order valence-electron chi connectivity index (χ0n) is 14.8. The molecule has 0 saturated carbocycles. The number of rotatable bonds is 6. The molecule has 0 atom stereocenters. The standard InChI is InChI=1S/C19H22ClN3OS/c1-4-22(5-2)10-11-23-13(3)21-18-17(19(23)24)16(12-25-18)14-6-8-15(20)9-7-14/h6-9,12H,4-5,10-11H2,1-3H3. The molecule has 0 bridgehead atoms. The van der Waals surface area contributed by atoms with Crippen molar-refractivity contribution in [3.05, 3.63) is 50.8 Å². The van der Waals surface area contributed by atoms with Crippen molar-refractivity contribution < 1.29 is 0 Å². The molecule has 0 saturated heterocycles. The molecule has 132 valence electrons. The monoisotopic (exact) mass is 375 g/mol. The van der Waals surface area contributed by atoms with Crippen molar-refractivity contribution >= 4 is 33.2 Å². The van der Waals surface area contributed by atoms with Crippen molar-refractivity contribution in [3.8, 4) is 11.1 Å². The number of fused-ring (bicyclic) bond motifs is 1. The Balaban J connectivity index is 2.06. The SMILES string of the molecule is CCN(CC)CCn1c(C)nc2scc(-c3ccc(Cl)cc3)c2c1=O. The van der Waals surface area contributed by atoms with Crippen LogP contribution in [0.2, 0.25) is 5.02 Å². The molecule has 0 aliphatic carbocycles. The second-order valence-electron chi connectivity index (χ2n) is 5.98. The van der Waals surface area contributed by atoms with Crippen LogP contribution in [0.15, 0.2) is 34.4 Å². The van der Waals surface area contributed by atoms with Crippen molar-refractivity contribution in [2.45, 2.75) is 27.3 Å². The van der Waals surface area contributed by atoms with Gasteiger partial charge in [-0.1, -0.05) is 37.6 Å². The third-order valence-corrected chi connectivity index (χ3v) is 5.70. The normalized spacial score (nSPS) is 11.6. The topological polar surface area (TPSA) is 38.1 Å². The lowest BCUT2D eigenvalue weighted by Gasteiger charge is -2.19. The first-order valence-electron chi connectivity index (χ1n) is 8.52. The number of benzene rings is 1. The van der Waals surface area contributed by atoms with Gasteiger partial charge in [0.05, 0.1) is 5.39 Å². The van der Waals surface area contributed by atoms with Crippen LogP contribution in [0.1, 0.15) is 19.7 Å². The summed E-state index contributed by atoms with van der Waals surface area (Å²) in [4.78, 5) is 20.9. The summed E-state index contributed by atoms with van der Waals surface area (Å²) in [5.74, 6) is 0.772. The second-order valence-corrected chi connectivity index (χ2v) is 7.27. The van der Waals surface area contributed by atoms with Crippen molar-refractivity contribution in [2.75, 3.05) is 19.6 Å². The third kappa shape index (κ3) is 3.64. The molecule has 0 aliphatic rings. The summed E-state index contributed by atoms with van der Waals surface area (Å²) in [6, 6.07) is 7.59. The minimum Gasteiger partial charge on any atom is -0.302 e. The maximum atomic E-state index is 13.1. The lowest BCUT2D eigenvalue weighted by molar-refractivity contribution is 0.288. The van der Waals surface area contributed by atoms with Gasteiger partial charge in [0.15, 0.2) is 0 Å². The Labute approximate surface area is 156 Å². The molecule has 0 radical (unpaired) electrons. The van der Waals surface area contributed by atoms with Gasteiger partial charge in [0, 0.05) is 29.1 Å². The zero-order chi connectivity index (χ0) is 18.0. The van der Waals surface area contributed by atoms with Crippen molar-refractivity contribution in [3.63, 3.8) is 0 Å². The van der Waals surface area contributed by atoms with Crippen LogP contribution in [0.4, 0.5) is 0 Å². The molecular weight excluding hydrogens is 354 g/mol. The Morgan fingerprint density at radius 2 is 1.88 bits per heavy atom. The van der Waals surface area contributed by atoms with Crippen LogP contribution in [0.5, 0.6) is 0 Å². The number of nitrogens with zero attached hydrogens (tertiary/aromatic N) is 3. The molecule has 25 heavy (non-hydrogen) atoms. The maximum Gasteiger partial charge on any atom is 0.262 e. The highest BCUT2D eigenvalue weighted by atomic mass is 35.5. The zero-order valence-corrected chi connectivity index (χ0v) is 16.3. The van der Waals surface area contributed by atoms with E-state index in [4.69, 9.17) is 11.6 Å². The number of aryl methyl sites for hydroxylation is 1. The molecule has 3 aromatic rings. The molecule has 0 aliphatic heterocycles. The molecule has 2 aromatic heterocycles. The van der Waals surface area contributed by atoms with Gasteiger partial charge >= 0.3 is 0 Å². The minimum absolute atomic E-state index is 0.0425. The summed E-state index contributed by atoms with van der Waals surface area (Å²) in [5.41, 5.74) is 1.97. The van der Waals surface area contributed by atoms with E-state index >= 15 is 0 Å². The Hall–Kier alpha value is -1.69. The van der Waals surface area contributed by atoms with E-state index in [1.165, 1.54) is 11.3 Å². The minimum atomic E-state index is 0.0425. The van der Waals surface area contributed by atoms with E-state index in [-0.39, 0.29) is 5.56 Å².